The molecule has 0 saturated carbocycles. The van der Waals surface area contributed by atoms with E-state index in [1.165, 1.54) is 0 Å². The molecule has 0 rings (SSSR count). The van der Waals surface area contributed by atoms with Crippen LogP contribution < -0.4 is 0 Å². The molecule has 0 bridgehead atoms. The molecule has 0 fully saturated rings. The first-order valence-corrected chi connectivity index (χ1v) is 4.77. The molecule has 0 aliphatic heterocycles. The van der Waals surface area contributed by atoms with E-state index in [4.69, 9.17) is 9.66 Å². The molecule has 1 atom stereocenters. The van der Waals surface area contributed by atoms with E-state index in [-0.39, 0.29) is 5.75 Å². The van der Waals surface area contributed by atoms with Crippen molar-refractivity contribution in [2.24, 2.45) is 0 Å². The summed E-state index contributed by atoms with van der Waals surface area (Å²) in [5.74, 6) is -0.384. The summed E-state index contributed by atoms with van der Waals surface area (Å²) >= 11 is -0.900. The van der Waals surface area contributed by atoms with Gasteiger partial charge in [0.05, 0.1) is 0 Å². The van der Waals surface area contributed by atoms with Crippen LogP contribution in [-0.2, 0) is 16.0 Å². The lowest BCUT2D eigenvalue weighted by Gasteiger charge is -1.93. The number of hydrogen-bond donors (Lipinski definition) is 2. The van der Waals surface area contributed by atoms with Crippen molar-refractivity contribution in [3.63, 3.8) is 0 Å². The van der Waals surface area contributed by atoms with Crippen LogP contribution in [0.5, 0.6) is 0 Å². The lowest BCUT2D eigenvalue weighted by Crippen LogP contribution is -2.17. The average Bonchev–Trinajstić information content (AvgIpc) is 1.82. The summed E-state index contributed by atoms with van der Waals surface area (Å²) in [5.41, 5.74) is 0. The van der Waals surface area contributed by atoms with Gasteiger partial charge < -0.3 is 5.11 Å². The Morgan fingerprint density at radius 2 is 2.20 bits per heavy atom. The first-order chi connectivity index (χ1) is 4.66. The largest absolute Gasteiger partial charge is 0.478 e. The van der Waals surface area contributed by atoms with Crippen LogP contribution in [0.2, 0.25) is 0 Å². The smallest absolute Gasteiger partial charge is 0.357 e. The van der Waals surface area contributed by atoms with E-state index in [1.54, 1.807) is 0 Å². The van der Waals surface area contributed by atoms with Gasteiger partial charge in [0.2, 0.25) is 5.75 Å². The molecule has 10 heavy (non-hydrogen) atoms. The molecule has 0 aromatic rings. The SMILES string of the molecule is CCCC[S+](O)CC(=O)O. The van der Waals surface area contributed by atoms with Crippen LogP contribution in [0.3, 0.4) is 0 Å². The zero-order valence-electron chi connectivity index (χ0n) is 6.04. The van der Waals surface area contributed by atoms with Gasteiger partial charge in [0.1, 0.15) is 5.75 Å². The van der Waals surface area contributed by atoms with Gasteiger partial charge in [-0.2, -0.15) is 4.55 Å². The van der Waals surface area contributed by atoms with E-state index in [2.05, 4.69) is 0 Å². The van der Waals surface area contributed by atoms with Gasteiger partial charge in [-0.3, -0.25) is 0 Å². The fourth-order valence-corrected chi connectivity index (χ4v) is 1.58. The summed E-state index contributed by atoms with van der Waals surface area (Å²) in [5, 5.41) is 8.23. The van der Waals surface area contributed by atoms with E-state index in [9.17, 15) is 4.79 Å². The predicted molar refractivity (Wildman–Crippen MR) is 42.3 cm³/mol. The van der Waals surface area contributed by atoms with Crippen molar-refractivity contribution in [2.45, 2.75) is 19.8 Å². The highest BCUT2D eigenvalue weighted by atomic mass is 32.2. The minimum Gasteiger partial charge on any atom is -0.478 e. The number of rotatable bonds is 5. The topological polar surface area (TPSA) is 57.5 Å². The number of carboxylic acid groups (broad SMARTS) is 1. The number of carbonyl (C=O) groups is 1. The molecule has 3 nitrogen and oxygen atoms in total. The van der Waals surface area contributed by atoms with Crippen molar-refractivity contribution >= 4 is 17.1 Å². The molecule has 2 N–H and O–H groups in total. The highest BCUT2D eigenvalue weighted by Gasteiger charge is 2.18. The van der Waals surface area contributed by atoms with Crippen LogP contribution in [-0.4, -0.2) is 27.1 Å². The number of aliphatic carboxylic acids is 1. The second-order valence-electron chi connectivity index (χ2n) is 2.06. The van der Waals surface area contributed by atoms with Crippen molar-refractivity contribution in [2.75, 3.05) is 11.5 Å². The van der Waals surface area contributed by atoms with Gasteiger partial charge in [0.25, 0.3) is 0 Å². The maximum Gasteiger partial charge on any atom is 0.357 e. The molecule has 1 unspecified atom stereocenters. The van der Waals surface area contributed by atoms with Crippen LogP contribution in [0.1, 0.15) is 19.8 Å². The number of unbranched alkanes of at least 4 members (excludes halogenated alkanes) is 1. The van der Waals surface area contributed by atoms with Crippen molar-refractivity contribution in [3.8, 4) is 0 Å². The Bertz CT molecular complexity index is 105. The van der Waals surface area contributed by atoms with Gasteiger partial charge in [0.15, 0.2) is 11.2 Å². The molecular formula is C6H13O3S+. The average molecular weight is 165 g/mol. The second-order valence-corrected chi connectivity index (χ2v) is 3.68. The van der Waals surface area contributed by atoms with E-state index in [1.807, 2.05) is 6.92 Å². The standard InChI is InChI=1S/C6H12O3S/c1-2-3-4-10(9)5-6(7)8/h9H,2-5H2,1H3/p+1. The zero-order valence-corrected chi connectivity index (χ0v) is 6.86. The van der Waals surface area contributed by atoms with Crippen molar-refractivity contribution in [3.05, 3.63) is 0 Å². The summed E-state index contributed by atoms with van der Waals surface area (Å²) in [6, 6.07) is 0. The van der Waals surface area contributed by atoms with Crippen LogP contribution in [0.4, 0.5) is 0 Å². The fraction of sp³-hybridized carbons (Fsp3) is 0.833. The molecule has 0 aliphatic rings. The van der Waals surface area contributed by atoms with Crippen LogP contribution in [0, 0.1) is 0 Å². The first kappa shape index (κ1) is 9.78. The quantitative estimate of drug-likeness (QED) is 0.597. The molecule has 0 aromatic heterocycles. The second kappa shape index (κ2) is 5.56. The third-order valence-corrected chi connectivity index (χ3v) is 2.36. The highest BCUT2D eigenvalue weighted by molar-refractivity contribution is 7.92. The van der Waals surface area contributed by atoms with Crippen LogP contribution >= 0.6 is 0 Å². The third kappa shape index (κ3) is 5.91. The number of carboxylic acids is 1. The summed E-state index contributed by atoms with van der Waals surface area (Å²) in [4.78, 5) is 10.0. The van der Waals surface area contributed by atoms with Crippen LogP contribution in [0.15, 0.2) is 0 Å². The van der Waals surface area contributed by atoms with E-state index >= 15 is 0 Å². The first-order valence-electron chi connectivity index (χ1n) is 3.25. The van der Waals surface area contributed by atoms with Gasteiger partial charge in [0, 0.05) is 0 Å². The summed E-state index contributed by atoms with van der Waals surface area (Å²) < 4.78 is 9.00. The van der Waals surface area contributed by atoms with E-state index < -0.39 is 17.1 Å². The van der Waals surface area contributed by atoms with E-state index in [0.717, 1.165) is 12.8 Å². The molecule has 0 saturated heterocycles. The normalized spacial score (nSPS) is 13.0. The van der Waals surface area contributed by atoms with E-state index in [0.29, 0.717) is 5.75 Å². The monoisotopic (exact) mass is 165 g/mol. The molecule has 0 aliphatic carbocycles. The Labute approximate surface area is 63.6 Å². The molecule has 0 spiro atoms. The molecular weight excluding hydrogens is 152 g/mol. The Morgan fingerprint density at radius 1 is 1.60 bits per heavy atom. The Kier molecular flexibility index (Phi) is 5.43. The van der Waals surface area contributed by atoms with Gasteiger partial charge >= 0.3 is 5.97 Å². The minimum atomic E-state index is -0.915. The summed E-state index contributed by atoms with van der Waals surface area (Å²) in [7, 11) is 0. The predicted octanol–water partition coefficient (Wildman–Crippen LogP) is 0.962. The lowest BCUT2D eigenvalue weighted by atomic mass is 10.4. The van der Waals surface area contributed by atoms with Crippen molar-refractivity contribution in [1.82, 2.24) is 0 Å². The molecule has 0 radical (unpaired) electrons. The fourth-order valence-electron chi connectivity index (χ4n) is 0.526. The molecule has 4 heteroatoms. The lowest BCUT2D eigenvalue weighted by molar-refractivity contribution is -0.134. The Morgan fingerprint density at radius 3 is 2.60 bits per heavy atom. The summed E-state index contributed by atoms with van der Waals surface area (Å²) in [6.07, 6.45) is 1.91. The van der Waals surface area contributed by atoms with Crippen molar-refractivity contribution in [1.29, 1.82) is 0 Å². The minimum absolute atomic E-state index is 0.0972. The zero-order chi connectivity index (χ0) is 7.98. The van der Waals surface area contributed by atoms with Crippen molar-refractivity contribution < 1.29 is 14.5 Å². The Hall–Kier alpha value is -0.220. The molecule has 0 heterocycles. The van der Waals surface area contributed by atoms with Gasteiger partial charge in [-0.15, -0.1) is 0 Å². The third-order valence-electron chi connectivity index (χ3n) is 1.02. The highest BCUT2D eigenvalue weighted by Crippen LogP contribution is 1.96. The number of hydrogen-bond acceptors (Lipinski definition) is 2. The molecule has 60 valence electrons. The van der Waals surface area contributed by atoms with Gasteiger partial charge in [-0.05, 0) is 6.42 Å². The van der Waals surface area contributed by atoms with Gasteiger partial charge in [-0.25, -0.2) is 4.79 Å². The maximum absolute atomic E-state index is 10.0. The molecule has 0 amide bonds. The van der Waals surface area contributed by atoms with Gasteiger partial charge in [-0.1, -0.05) is 13.3 Å². The Balaban J connectivity index is 3.25. The molecule has 0 aromatic carbocycles. The van der Waals surface area contributed by atoms with Crippen LogP contribution in [0.25, 0.3) is 0 Å². The summed E-state index contributed by atoms with van der Waals surface area (Å²) in [6.45, 7) is 2.01. The maximum atomic E-state index is 10.0.